The SMILES string of the molecule is CN(C)C(=O)N(C)C1CCN(c2nc3c(F)cc(F)cc3s2)CC1. The first-order chi connectivity index (χ1) is 11.4. The van der Waals surface area contributed by atoms with Crippen LogP contribution in [-0.2, 0) is 0 Å². The minimum Gasteiger partial charge on any atom is -0.348 e. The zero-order valence-electron chi connectivity index (χ0n) is 13.9. The Morgan fingerprint density at radius 3 is 2.54 bits per heavy atom. The van der Waals surface area contributed by atoms with Gasteiger partial charge in [0, 0.05) is 46.3 Å². The molecule has 1 fully saturated rings. The van der Waals surface area contributed by atoms with Crippen LogP contribution in [0.1, 0.15) is 12.8 Å². The van der Waals surface area contributed by atoms with Gasteiger partial charge in [0.05, 0.1) is 4.70 Å². The summed E-state index contributed by atoms with van der Waals surface area (Å²) in [5.41, 5.74) is 0.221. The zero-order chi connectivity index (χ0) is 17.4. The molecule has 1 aromatic heterocycles. The molecule has 3 rings (SSSR count). The fraction of sp³-hybridized carbons (Fsp3) is 0.500. The summed E-state index contributed by atoms with van der Waals surface area (Å²) in [6, 6.07) is 2.35. The number of fused-ring (bicyclic) bond motifs is 1. The van der Waals surface area contributed by atoms with E-state index < -0.39 is 11.6 Å². The van der Waals surface area contributed by atoms with Crippen molar-refractivity contribution in [3.63, 3.8) is 0 Å². The van der Waals surface area contributed by atoms with Gasteiger partial charge in [0.2, 0.25) is 0 Å². The van der Waals surface area contributed by atoms with E-state index in [1.54, 1.807) is 23.9 Å². The van der Waals surface area contributed by atoms with Crippen LogP contribution in [0.3, 0.4) is 0 Å². The first-order valence-corrected chi connectivity index (χ1v) is 8.63. The molecule has 0 aliphatic carbocycles. The van der Waals surface area contributed by atoms with E-state index in [1.165, 1.54) is 17.4 Å². The fourth-order valence-corrected chi connectivity index (χ4v) is 4.05. The van der Waals surface area contributed by atoms with E-state index >= 15 is 0 Å². The van der Waals surface area contributed by atoms with Gasteiger partial charge in [0.25, 0.3) is 0 Å². The van der Waals surface area contributed by atoms with Crippen LogP contribution < -0.4 is 4.90 Å². The summed E-state index contributed by atoms with van der Waals surface area (Å²) < 4.78 is 27.6. The highest BCUT2D eigenvalue weighted by Gasteiger charge is 2.27. The van der Waals surface area contributed by atoms with Crippen LogP contribution in [0.5, 0.6) is 0 Å². The molecule has 0 N–H and O–H groups in total. The first kappa shape index (κ1) is 16.9. The summed E-state index contributed by atoms with van der Waals surface area (Å²) in [6.45, 7) is 1.47. The summed E-state index contributed by atoms with van der Waals surface area (Å²) in [6.07, 6.45) is 1.64. The van der Waals surface area contributed by atoms with Crippen LogP contribution in [0.25, 0.3) is 10.2 Å². The number of amides is 2. The standard InChI is InChI=1S/C16H20F2N4OS/c1-20(2)16(23)21(3)11-4-6-22(7-5-11)15-19-14-12(18)8-10(17)9-13(14)24-15/h8-9,11H,4-7H2,1-3H3. The Balaban J connectivity index is 1.71. The second kappa shape index (κ2) is 6.51. The van der Waals surface area contributed by atoms with E-state index in [0.717, 1.165) is 32.0 Å². The lowest BCUT2D eigenvalue weighted by molar-refractivity contribution is 0.155. The Kier molecular flexibility index (Phi) is 4.58. The van der Waals surface area contributed by atoms with Crippen LogP contribution in [0, 0.1) is 11.6 Å². The Morgan fingerprint density at radius 1 is 1.25 bits per heavy atom. The molecule has 130 valence electrons. The predicted octanol–water partition coefficient (Wildman–Crippen LogP) is 3.16. The van der Waals surface area contributed by atoms with Crippen molar-refractivity contribution in [2.75, 3.05) is 39.1 Å². The van der Waals surface area contributed by atoms with Crippen LogP contribution in [0.15, 0.2) is 12.1 Å². The van der Waals surface area contributed by atoms with E-state index in [1.807, 2.05) is 7.05 Å². The maximum Gasteiger partial charge on any atom is 0.319 e. The predicted molar refractivity (Wildman–Crippen MR) is 91.6 cm³/mol. The number of hydrogen-bond donors (Lipinski definition) is 0. The molecule has 0 saturated carbocycles. The number of rotatable bonds is 2. The summed E-state index contributed by atoms with van der Waals surface area (Å²) in [7, 11) is 5.30. The normalized spacial score (nSPS) is 15.8. The molecule has 1 aliphatic rings. The highest BCUT2D eigenvalue weighted by atomic mass is 32.1. The van der Waals surface area contributed by atoms with Gasteiger partial charge < -0.3 is 14.7 Å². The molecule has 0 radical (unpaired) electrons. The van der Waals surface area contributed by atoms with Gasteiger partial charge in [-0.1, -0.05) is 11.3 Å². The lowest BCUT2D eigenvalue weighted by Crippen LogP contribution is -2.48. The van der Waals surface area contributed by atoms with Crippen LogP contribution in [-0.4, -0.2) is 61.1 Å². The van der Waals surface area contributed by atoms with Crippen molar-refractivity contribution in [2.24, 2.45) is 0 Å². The van der Waals surface area contributed by atoms with Crippen molar-refractivity contribution in [1.29, 1.82) is 0 Å². The monoisotopic (exact) mass is 354 g/mol. The molecular weight excluding hydrogens is 334 g/mol. The lowest BCUT2D eigenvalue weighted by Gasteiger charge is -2.37. The van der Waals surface area contributed by atoms with Gasteiger partial charge in [0.1, 0.15) is 11.3 Å². The number of piperidine rings is 1. The highest BCUT2D eigenvalue weighted by Crippen LogP contribution is 2.32. The molecular formula is C16H20F2N4OS. The Bertz CT molecular complexity index is 756. The van der Waals surface area contributed by atoms with Gasteiger partial charge in [0.15, 0.2) is 10.9 Å². The van der Waals surface area contributed by atoms with Crippen molar-refractivity contribution in [3.8, 4) is 0 Å². The number of aromatic nitrogens is 1. The van der Waals surface area contributed by atoms with Crippen molar-refractivity contribution in [2.45, 2.75) is 18.9 Å². The van der Waals surface area contributed by atoms with Gasteiger partial charge >= 0.3 is 6.03 Å². The van der Waals surface area contributed by atoms with E-state index in [9.17, 15) is 13.6 Å². The molecule has 1 aromatic carbocycles. The summed E-state index contributed by atoms with van der Waals surface area (Å²) >= 11 is 1.30. The maximum atomic E-state index is 13.8. The highest BCUT2D eigenvalue weighted by molar-refractivity contribution is 7.22. The molecule has 24 heavy (non-hydrogen) atoms. The van der Waals surface area contributed by atoms with Crippen molar-refractivity contribution in [3.05, 3.63) is 23.8 Å². The molecule has 0 spiro atoms. The number of nitrogens with zero attached hydrogens (tertiary/aromatic N) is 4. The number of carbonyl (C=O) groups is 1. The second-order valence-corrected chi connectivity index (χ2v) is 7.25. The first-order valence-electron chi connectivity index (χ1n) is 7.81. The minimum absolute atomic E-state index is 0.00835. The molecule has 1 saturated heterocycles. The molecule has 2 aromatic rings. The molecule has 5 nitrogen and oxygen atoms in total. The number of benzene rings is 1. The van der Waals surface area contributed by atoms with Gasteiger partial charge in [-0.25, -0.2) is 18.6 Å². The van der Waals surface area contributed by atoms with Crippen LogP contribution >= 0.6 is 11.3 Å². The Morgan fingerprint density at radius 2 is 1.92 bits per heavy atom. The van der Waals surface area contributed by atoms with E-state index in [2.05, 4.69) is 9.88 Å². The molecule has 0 atom stereocenters. The molecule has 2 amide bonds. The third-order valence-corrected chi connectivity index (χ3v) is 5.43. The molecule has 8 heteroatoms. The van der Waals surface area contributed by atoms with Crippen LogP contribution in [0.2, 0.25) is 0 Å². The summed E-state index contributed by atoms with van der Waals surface area (Å²) in [4.78, 5) is 21.8. The van der Waals surface area contributed by atoms with E-state index in [0.29, 0.717) is 9.83 Å². The topological polar surface area (TPSA) is 39.7 Å². The largest absolute Gasteiger partial charge is 0.348 e. The Labute approximate surface area is 143 Å². The minimum atomic E-state index is -0.626. The maximum absolute atomic E-state index is 13.8. The fourth-order valence-electron chi connectivity index (χ4n) is 3.00. The van der Waals surface area contributed by atoms with Crippen molar-refractivity contribution in [1.82, 2.24) is 14.8 Å². The lowest BCUT2D eigenvalue weighted by atomic mass is 10.0. The van der Waals surface area contributed by atoms with Gasteiger partial charge in [-0.05, 0) is 18.9 Å². The number of urea groups is 1. The van der Waals surface area contributed by atoms with Gasteiger partial charge in [-0.3, -0.25) is 0 Å². The number of anilines is 1. The molecule has 2 heterocycles. The van der Waals surface area contributed by atoms with E-state index in [4.69, 9.17) is 0 Å². The van der Waals surface area contributed by atoms with Crippen LogP contribution in [0.4, 0.5) is 18.7 Å². The van der Waals surface area contributed by atoms with Crippen molar-refractivity contribution < 1.29 is 13.6 Å². The number of hydrogen-bond acceptors (Lipinski definition) is 4. The van der Waals surface area contributed by atoms with Gasteiger partial charge in [-0.2, -0.15) is 0 Å². The number of halogens is 2. The summed E-state index contributed by atoms with van der Waals surface area (Å²) in [5.74, 6) is -1.21. The molecule has 0 unspecified atom stereocenters. The number of thiazole rings is 1. The molecule has 0 bridgehead atoms. The van der Waals surface area contributed by atoms with E-state index in [-0.39, 0.29) is 17.6 Å². The smallest absolute Gasteiger partial charge is 0.319 e. The average Bonchev–Trinajstić information content (AvgIpc) is 2.97. The quantitative estimate of drug-likeness (QED) is 0.832. The Hall–Kier alpha value is -1.96. The third kappa shape index (κ3) is 3.15. The average molecular weight is 354 g/mol. The second-order valence-electron chi connectivity index (χ2n) is 6.24. The van der Waals surface area contributed by atoms with Crippen molar-refractivity contribution >= 4 is 32.7 Å². The van der Waals surface area contributed by atoms with Gasteiger partial charge in [-0.15, -0.1) is 0 Å². The third-order valence-electron chi connectivity index (χ3n) is 4.37. The summed E-state index contributed by atoms with van der Waals surface area (Å²) in [5, 5.41) is 0.703. The molecule has 1 aliphatic heterocycles. The zero-order valence-corrected chi connectivity index (χ0v) is 14.7. The number of carbonyl (C=O) groups excluding carboxylic acids is 1.